The number of likely N-dealkylation sites (tertiary alicyclic amines) is 1. The number of benzene rings is 1. The van der Waals surface area contributed by atoms with Crippen LogP contribution in [0.15, 0.2) is 24.3 Å². The highest BCUT2D eigenvalue weighted by Gasteiger charge is 2.27. The second kappa shape index (κ2) is 7.27. The predicted molar refractivity (Wildman–Crippen MR) is 95.2 cm³/mol. The van der Waals surface area contributed by atoms with Crippen molar-refractivity contribution >= 4 is 11.8 Å². The monoisotopic (exact) mass is 358 g/mol. The molecule has 2 aromatic rings. The molecule has 1 aromatic heterocycles. The molecule has 1 saturated heterocycles. The van der Waals surface area contributed by atoms with Crippen LogP contribution in [0, 0.1) is 25.6 Å². The number of primary amides is 1. The SMILES string of the molecule is Cc1nn(-c2ccc(F)cc2)c(C)c1CC(=O)N1CCC(C(N)=O)CC1. The second-order valence-electron chi connectivity index (χ2n) is 6.77. The van der Waals surface area contributed by atoms with Gasteiger partial charge in [-0.1, -0.05) is 0 Å². The number of aromatic nitrogens is 2. The Kier molecular flexibility index (Phi) is 5.06. The van der Waals surface area contributed by atoms with Gasteiger partial charge in [-0.3, -0.25) is 9.59 Å². The molecule has 138 valence electrons. The van der Waals surface area contributed by atoms with Crippen molar-refractivity contribution in [2.45, 2.75) is 33.1 Å². The summed E-state index contributed by atoms with van der Waals surface area (Å²) in [6.07, 6.45) is 1.50. The third-order valence-electron chi connectivity index (χ3n) is 5.09. The summed E-state index contributed by atoms with van der Waals surface area (Å²) in [5.74, 6) is -0.698. The molecule has 1 aliphatic heterocycles. The lowest BCUT2D eigenvalue weighted by Gasteiger charge is -2.30. The fourth-order valence-corrected chi connectivity index (χ4v) is 3.44. The molecule has 0 saturated carbocycles. The number of piperidine rings is 1. The van der Waals surface area contributed by atoms with Crippen molar-refractivity contribution in [1.29, 1.82) is 0 Å². The van der Waals surface area contributed by atoms with Crippen molar-refractivity contribution in [3.05, 3.63) is 47.0 Å². The van der Waals surface area contributed by atoms with Gasteiger partial charge in [-0.15, -0.1) is 0 Å². The molecule has 1 fully saturated rings. The van der Waals surface area contributed by atoms with E-state index in [4.69, 9.17) is 5.73 Å². The molecule has 2 N–H and O–H groups in total. The summed E-state index contributed by atoms with van der Waals surface area (Å²) in [6, 6.07) is 6.10. The molecule has 0 spiro atoms. The van der Waals surface area contributed by atoms with E-state index in [0.717, 1.165) is 22.6 Å². The Morgan fingerprint density at radius 3 is 2.38 bits per heavy atom. The molecular weight excluding hydrogens is 335 g/mol. The molecule has 2 amide bonds. The lowest BCUT2D eigenvalue weighted by atomic mass is 9.96. The molecule has 0 unspecified atom stereocenters. The van der Waals surface area contributed by atoms with Gasteiger partial charge in [0.1, 0.15) is 5.82 Å². The van der Waals surface area contributed by atoms with Crippen LogP contribution in [0.3, 0.4) is 0 Å². The smallest absolute Gasteiger partial charge is 0.227 e. The minimum atomic E-state index is -0.301. The first-order valence-corrected chi connectivity index (χ1v) is 8.75. The quantitative estimate of drug-likeness (QED) is 0.906. The zero-order valence-corrected chi connectivity index (χ0v) is 15.0. The molecule has 0 bridgehead atoms. The fourth-order valence-electron chi connectivity index (χ4n) is 3.44. The van der Waals surface area contributed by atoms with Crippen LogP contribution in [0.2, 0.25) is 0 Å². The lowest BCUT2D eigenvalue weighted by Crippen LogP contribution is -2.42. The first-order valence-electron chi connectivity index (χ1n) is 8.75. The van der Waals surface area contributed by atoms with Crippen molar-refractivity contribution < 1.29 is 14.0 Å². The molecule has 3 rings (SSSR count). The maximum Gasteiger partial charge on any atom is 0.227 e. The van der Waals surface area contributed by atoms with Gasteiger partial charge < -0.3 is 10.6 Å². The van der Waals surface area contributed by atoms with Crippen molar-refractivity contribution in [2.24, 2.45) is 11.7 Å². The minimum Gasteiger partial charge on any atom is -0.369 e. The zero-order valence-electron chi connectivity index (χ0n) is 15.0. The highest BCUT2D eigenvalue weighted by molar-refractivity contribution is 5.80. The van der Waals surface area contributed by atoms with E-state index in [-0.39, 0.29) is 30.0 Å². The molecule has 1 aliphatic rings. The van der Waals surface area contributed by atoms with E-state index >= 15 is 0 Å². The van der Waals surface area contributed by atoms with Gasteiger partial charge in [-0.05, 0) is 51.0 Å². The zero-order chi connectivity index (χ0) is 18.8. The van der Waals surface area contributed by atoms with Gasteiger partial charge in [0.25, 0.3) is 0 Å². The Bertz CT molecular complexity index is 821. The number of nitrogens with zero attached hydrogens (tertiary/aromatic N) is 3. The van der Waals surface area contributed by atoms with Crippen LogP contribution in [-0.4, -0.2) is 39.6 Å². The third-order valence-corrected chi connectivity index (χ3v) is 5.09. The summed E-state index contributed by atoms with van der Waals surface area (Å²) in [5.41, 5.74) is 8.64. The summed E-state index contributed by atoms with van der Waals surface area (Å²) in [6.45, 7) is 4.88. The summed E-state index contributed by atoms with van der Waals surface area (Å²) in [7, 11) is 0. The van der Waals surface area contributed by atoms with Crippen LogP contribution in [0.25, 0.3) is 5.69 Å². The van der Waals surface area contributed by atoms with E-state index < -0.39 is 0 Å². The van der Waals surface area contributed by atoms with Crippen molar-refractivity contribution in [2.75, 3.05) is 13.1 Å². The van der Waals surface area contributed by atoms with Crippen LogP contribution < -0.4 is 5.73 Å². The van der Waals surface area contributed by atoms with E-state index in [0.29, 0.717) is 25.9 Å². The number of aryl methyl sites for hydroxylation is 1. The average Bonchev–Trinajstić information content (AvgIpc) is 2.90. The van der Waals surface area contributed by atoms with Crippen LogP contribution in [0.1, 0.15) is 29.8 Å². The van der Waals surface area contributed by atoms with Gasteiger partial charge in [-0.2, -0.15) is 5.10 Å². The predicted octanol–water partition coefficient (Wildman–Crippen LogP) is 1.89. The van der Waals surface area contributed by atoms with Crippen LogP contribution >= 0.6 is 0 Å². The highest BCUT2D eigenvalue weighted by Crippen LogP contribution is 2.21. The van der Waals surface area contributed by atoms with Crippen molar-refractivity contribution in [3.63, 3.8) is 0 Å². The highest BCUT2D eigenvalue weighted by atomic mass is 19.1. The Morgan fingerprint density at radius 1 is 1.19 bits per heavy atom. The molecule has 0 atom stereocenters. The number of rotatable bonds is 4. The molecule has 2 heterocycles. The van der Waals surface area contributed by atoms with Crippen LogP contribution in [0.4, 0.5) is 4.39 Å². The van der Waals surface area contributed by atoms with Crippen molar-refractivity contribution in [1.82, 2.24) is 14.7 Å². The summed E-state index contributed by atoms with van der Waals surface area (Å²) >= 11 is 0. The van der Waals surface area contributed by atoms with Gasteiger partial charge in [-0.25, -0.2) is 9.07 Å². The van der Waals surface area contributed by atoms with Gasteiger partial charge >= 0.3 is 0 Å². The van der Waals surface area contributed by atoms with Crippen LogP contribution in [0.5, 0.6) is 0 Å². The lowest BCUT2D eigenvalue weighted by molar-refractivity contribution is -0.134. The molecule has 1 aromatic carbocycles. The van der Waals surface area contributed by atoms with Crippen LogP contribution in [-0.2, 0) is 16.0 Å². The van der Waals surface area contributed by atoms with E-state index in [9.17, 15) is 14.0 Å². The number of carbonyl (C=O) groups excluding carboxylic acids is 2. The van der Waals surface area contributed by atoms with E-state index in [1.807, 2.05) is 13.8 Å². The molecule has 0 aliphatic carbocycles. The number of amides is 2. The topological polar surface area (TPSA) is 81.2 Å². The van der Waals surface area contributed by atoms with E-state index in [1.165, 1.54) is 12.1 Å². The first kappa shape index (κ1) is 18.1. The summed E-state index contributed by atoms with van der Waals surface area (Å²) in [5, 5.41) is 4.51. The largest absolute Gasteiger partial charge is 0.369 e. The standard InChI is InChI=1S/C19H23FN4O2/c1-12-17(11-18(25)23-9-7-14(8-10-23)19(21)26)13(2)24(22-12)16-5-3-15(20)4-6-16/h3-6,14H,7-11H2,1-2H3,(H2,21,26). The summed E-state index contributed by atoms with van der Waals surface area (Å²) in [4.78, 5) is 25.7. The molecule has 0 radical (unpaired) electrons. The summed E-state index contributed by atoms with van der Waals surface area (Å²) < 4.78 is 14.9. The van der Waals surface area contributed by atoms with E-state index in [1.54, 1.807) is 21.7 Å². The fraction of sp³-hybridized carbons (Fsp3) is 0.421. The Morgan fingerprint density at radius 2 is 1.81 bits per heavy atom. The maximum atomic E-state index is 13.1. The second-order valence-corrected chi connectivity index (χ2v) is 6.77. The number of carbonyl (C=O) groups is 2. The van der Waals surface area contributed by atoms with Gasteiger partial charge in [0, 0.05) is 30.3 Å². The van der Waals surface area contributed by atoms with E-state index in [2.05, 4.69) is 5.10 Å². The normalized spacial score (nSPS) is 15.3. The Labute approximate surface area is 151 Å². The number of hydrogen-bond donors (Lipinski definition) is 1. The molecule has 7 heteroatoms. The molecular formula is C19H23FN4O2. The third kappa shape index (κ3) is 3.61. The number of hydrogen-bond acceptors (Lipinski definition) is 3. The van der Waals surface area contributed by atoms with Crippen molar-refractivity contribution in [3.8, 4) is 5.69 Å². The Balaban J connectivity index is 1.73. The minimum absolute atomic E-state index is 0.0257. The number of halogens is 1. The van der Waals surface area contributed by atoms with Gasteiger partial charge in [0.05, 0.1) is 17.8 Å². The Hall–Kier alpha value is -2.70. The average molecular weight is 358 g/mol. The molecule has 26 heavy (non-hydrogen) atoms. The molecule has 6 nitrogen and oxygen atoms in total. The van der Waals surface area contributed by atoms with Gasteiger partial charge in [0.15, 0.2) is 0 Å². The maximum absolute atomic E-state index is 13.1. The van der Waals surface area contributed by atoms with Gasteiger partial charge in [0.2, 0.25) is 11.8 Å². The number of nitrogens with two attached hydrogens (primary N) is 1. The first-order chi connectivity index (χ1) is 12.4.